The molecule has 0 aliphatic rings. The highest BCUT2D eigenvalue weighted by Crippen LogP contribution is 2.27. The van der Waals surface area contributed by atoms with Crippen molar-refractivity contribution in [1.82, 2.24) is 24.1 Å². The van der Waals surface area contributed by atoms with Crippen LogP contribution in [-0.4, -0.2) is 30.1 Å². The van der Waals surface area contributed by atoms with Crippen molar-refractivity contribution in [3.05, 3.63) is 35.9 Å². The maximum Gasteiger partial charge on any atom is 0.225 e. The van der Waals surface area contributed by atoms with E-state index in [4.69, 9.17) is 5.73 Å². The Morgan fingerprint density at radius 3 is 2.61 bits per heavy atom. The molecule has 0 spiro atoms. The topological polar surface area (TPSA) is 91.1 Å². The highest BCUT2D eigenvalue weighted by Gasteiger charge is 2.25. The maximum absolute atomic E-state index is 11.2. The third-order valence-corrected chi connectivity index (χ3v) is 3.60. The summed E-state index contributed by atoms with van der Waals surface area (Å²) in [5.41, 5.74) is 7.57. The fourth-order valence-corrected chi connectivity index (χ4v) is 2.54. The third-order valence-electron chi connectivity index (χ3n) is 3.60. The number of aryl methyl sites for hydroxylation is 1. The molecule has 0 saturated heterocycles. The Kier molecular flexibility index (Phi) is 3.43. The second-order valence-electron chi connectivity index (χ2n) is 6.55. The number of amides is 1. The van der Waals surface area contributed by atoms with Gasteiger partial charge in [-0.3, -0.25) is 4.79 Å². The number of hydrogen-bond donors (Lipinski definition) is 1. The van der Waals surface area contributed by atoms with Crippen LogP contribution in [0.2, 0.25) is 0 Å². The second-order valence-corrected chi connectivity index (χ2v) is 6.55. The van der Waals surface area contributed by atoms with Gasteiger partial charge in [0.15, 0.2) is 11.6 Å². The van der Waals surface area contributed by atoms with Crippen molar-refractivity contribution < 1.29 is 4.79 Å². The van der Waals surface area contributed by atoms with Crippen LogP contribution in [-0.2, 0) is 16.8 Å². The first-order valence-corrected chi connectivity index (χ1v) is 7.46. The molecule has 3 rings (SSSR count). The van der Waals surface area contributed by atoms with Crippen molar-refractivity contribution in [3.63, 3.8) is 0 Å². The lowest BCUT2D eigenvalue weighted by Crippen LogP contribution is -2.25. The van der Waals surface area contributed by atoms with Gasteiger partial charge in [-0.2, -0.15) is 5.10 Å². The number of imidazole rings is 1. The van der Waals surface area contributed by atoms with Gasteiger partial charge in [-0.1, -0.05) is 6.07 Å². The largest absolute Gasteiger partial charge is 0.369 e. The van der Waals surface area contributed by atoms with Crippen LogP contribution in [0, 0.1) is 6.92 Å². The molecule has 0 atom stereocenters. The van der Waals surface area contributed by atoms with Crippen LogP contribution < -0.4 is 5.73 Å². The molecular formula is C16H20N6O. The van der Waals surface area contributed by atoms with Gasteiger partial charge in [0.1, 0.15) is 11.3 Å². The zero-order valence-electron chi connectivity index (χ0n) is 13.7. The number of nitrogens with zero attached hydrogens (tertiary/aromatic N) is 5. The molecule has 0 aliphatic carbocycles. The predicted molar refractivity (Wildman–Crippen MR) is 86.8 cm³/mol. The van der Waals surface area contributed by atoms with Crippen LogP contribution in [0.4, 0.5) is 0 Å². The maximum atomic E-state index is 11.2. The molecule has 0 saturated carbocycles. The lowest BCUT2D eigenvalue weighted by atomic mass is 10.1. The predicted octanol–water partition coefficient (Wildman–Crippen LogP) is 1.68. The molecule has 3 heterocycles. The zero-order chi connectivity index (χ0) is 16.8. The number of aromatic nitrogens is 5. The fourth-order valence-electron chi connectivity index (χ4n) is 2.54. The molecule has 120 valence electrons. The Morgan fingerprint density at radius 1 is 1.26 bits per heavy atom. The van der Waals surface area contributed by atoms with Gasteiger partial charge in [0, 0.05) is 6.20 Å². The summed E-state index contributed by atoms with van der Waals surface area (Å²) < 4.78 is 3.81. The van der Waals surface area contributed by atoms with E-state index < -0.39 is 5.91 Å². The van der Waals surface area contributed by atoms with Crippen molar-refractivity contribution >= 4 is 11.6 Å². The minimum absolute atomic E-state index is 0.0164. The summed E-state index contributed by atoms with van der Waals surface area (Å²) in [4.78, 5) is 20.4. The van der Waals surface area contributed by atoms with E-state index in [1.807, 2.05) is 56.5 Å². The second kappa shape index (κ2) is 5.19. The van der Waals surface area contributed by atoms with Gasteiger partial charge >= 0.3 is 0 Å². The summed E-state index contributed by atoms with van der Waals surface area (Å²) in [6.45, 7) is 8.09. The molecule has 0 aliphatic heterocycles. The monoisotopic (exact) mass is 312 g/mol. The van der Waals surface area contributed by atoms with Crippen LogP contribution in [0.1, 0.15) is 32.3 Å². The van der Waals surface area contributed by atoms with Gasteiger partial charge in [-0.05, 0) is 39.8 Å². The summed E-state index contributed by atoms with van der Waals surface area (Å²) in [6, 6.07) is 5.84. The summed E-state index contributed by atoms with van der Waals surface area (Å²) in [5.74, 6) is 0.614. The highest BCUT2D eigenvalue weighted by molar-refractivity contribution is 5.75. The van der Waals surface area contributed by atoms with Crippen molar-refractivity contribution in [2.75, 3.05) is 0 Å². The molecule has 0 fully saturated rings. The van der Waals surface area contributed by atoms with Crippen LogP contribution in [0.25, 0.3) is 17.2 Å². The van der Waals surface area contributed by atoms with E-state index in [2.05, 4.69) is 15.1 Å². The van der Waals surface area contributed by atoms with Crippen molar-refractivity contribution in [2.45, 2.75) is 39.7 Å². The first-order valence-electron chi connectivity index (χ1n) is 7.46. The van der Waals surface area contributed by atoms with E-state index >= 15 is 0 Å². The normalized spacial score (nSPS) is 12.0. The number of carbonyl (C=O) groups is 1. The number of pyridine rings is 1. The van der Waals surface area contributed by atoms with Crippen LogP contribution in [0.5, 0.6) is 0 Å². The van der Waals surface area contributed by atoms with Gasteiger partial charge in [-0.25, -0.2) is 14.6 Å². The van der Waals surface area contributed by atoms with Gasteiger partial charge in [0.05, 0.1) is 17.7 Å². The number of fused-ring (bicyclic) bond motifs is 1. The molecular weight excluding hydrogens is 292 g/mol. The van der Waals surface area contributed by atoms with Crippen molar-refractivity contribution in [1.29, 1.82) is 0 Å². The molecule has 23 heavy (non-hydrogen) atoms. The molecule has 2 N–H and O–H groups in total. The molecule has 1 amide bonds. The average Bonchev–Trinajstić information content (AvgIpc) is 3.00. The fraction of sp³-hybridized carbons (Fsp3) is 0.375. The van der Waals surface area contributed by atoms with E-state index in [1.54, 1.807) is 4.68 Å². The first kappa shape index (κ1) is 15.2. The Bertz CT molecular complexity index is 884. The van der Waals surface area contributed by atoms with Gasteiger partial charge < -0.3 is 10.1 Å². The smallest absolute Gasteiger partial charge is 0.225 e. The van der Waals surface area contributed by atoms with E-state index in [-0.39, 0.29) is 12.0 Å². The number of carbonyl (C=O) groups excluding carboxylic acids is 1. The molecule has 0 bridgehead atoms. The summed E-state index contributed by atoms with van der Waals surface area (Å²) in [7, 11) is 0. The molecule has 3 aromatic rings. The minimum atomic E-state index is -0.450. The standard InChI is InChI=1S/C16H20N6O/c1-10-14(19-13-7-5-6-8-21(10)13)15-18-12(9-11(17)23)20-22(15)16(2,3)4/h5-8H,9H2,1-4H3,(H2,17,23). The Hall–Kier alpha value is -2.70. The summed E-state index contributed by atoms with van der Waals surface area (Å²) in [5, 5.41) is 4.46. The number of rotatable bonds is 3. The molecule has 3 aromatic heterocycles. The van der Waals surface area contributed by atoms with Crippen molar-refractivity contribution in [2.24, 2.45) is 5.73 Å². The number of nitrogens with two attached hydrogens (primary N) is 1. The summed E-state index contributed by atoms with van der Waals surface area (Å²) >= 11 is 0. The third kappa shape index (κ3) is 2.69. The quantitative estimate of drug-likeness (QED) is 0.796. The SMILES string of the molecule is Cc1c(-c2nc(CC(N)=O)nn2C(C)(C)C)nc2ccccn12. The van der Waals surface area contributed by atoms with Gasteiger partial charge in [0.25, 0.3) is 0 Å². The number of primary amides is 1. The molecule has 0 unspecified atom stereocenters. The Labute approximate surface area is 134 Å². The Balaban J connectivity index is 2.22. The Morgan fingerprint density at radius 2 is 2.00 bits per heavy atom. The van der Waals surface area contributed by atoms with E-state index in [1.165, 1.54) is 0 Å². The molecule has 0 radical (unpaired) electrons. The lowest BCUT2D eigenvalue weighted by molar-refractivity contribution is -0.117. The molecule has 7 heteroatoms. The molecule has 0 aromatic carbocycles. The van der Waals surface area contributed by atoms with E-state index in [0.717, 1.165) is 17.0 Å². The van der Waals surface area contributed by atoms with Crippen LogP contribution >= 0.6 is 0 Å². The first-order chi connectivity index (χ1) is 10.8. The minimum Gasteiger partial charge on any atom is -0.369 e. The molecule has 7 nitrogen and oxygen atoms in total. The van der Waals surface area contributed by atoms with E-state index in [9.17, 15) is 4.79 Å². The average molecular weight is 312 g/mol. The van der Waals surface area contributed by atoms with Gasteiger partial charge in [0.2, 0.25) is 5.91 Å². The van der Waals surface area contributed by atoms with Crippen LogP contribution in [0.3, 0.4) is 0 Å². The van der Waals surface area contributed by atoms with Gasteiger partial charge in [-0.15, -0.1) is 0 Å². The lowest BCUT2D eigenvalue weighted by Gasteiger charge is -2.20. The van der Waals surface area contributed by atoms with Crippen LogP contribution in [0.15, 0.2) is 24.4 Å². The highest BCUT2D eigenvalue weighted by atomic mass is 16.1. The zero-order valence-corrected chi connectivity index (χ0v) is 13.7. The number of hydrogen-bond acceptors (Lipinski definition) is 4. The van der Waals surface area contributed by atoms with Crippen molar-refractivity contribution in [3.8, 4) is 11.5 Å². The summed E-state index contributed by atoms with van der Waals surface area (Å²) in [6.07, 6.45) is 1.98. The van der Waals surface area contributed by atoms with E-state index in [0.29, 0.717) is 11.6 Å².